The van der Waals surface area contributed by atoms with Crippen LogP contribution in [-0.2, 0) is 0 Å². The normalized spacial score (nSPS) is 10.2. The maximum Gasteiger partial charge on any atom is 0.166 e. The summed E-state index contributed by atoms with van der Waals surface area (Å²) in [6.45, 7) is 0. The Morgan fingerprint density at radius 2 is 1.61 bits per heavy atom. The number of halogens is 3. The molecule has 0 N–H and O–H groups in total. The number of ether oxygens (including phenoxy) is 1. The van der Waals surface area contributed by atoms with Crippen LogP contribution in [0.25, 0.3) is 0 Å². The van der Waals surface area contributed by atoms with Crippen LogP contribution in [-0.4, -0.2) is 6.29 Å². The predicted molar refractivity (Wildman–Crippen MR) is 73.7 cm³/mol. The molecule has 0 aliphatic heterocycles. The Labute approximate surface area is 120 Å². The number of hydrogen-bond donors (Lipinski definition) is 0. The van der Waals surface area contributed by atoms with Crippen LogP contribution in [0.15, 0.2) is 45.3 Å². The second kappa shape index (κ2) is 5.63. The van der Waals surface area contributed by atoms with Crippen molar-refractivity contribution in [2.75, 3.05) is 0 Å². The molecule has 0 atom stereocenters. The highest BCUT2D eigenvalue weighted by Crippen LogP contribution is 2.30. The van der Waals surface area contributed by atoms with Gasteiger partial charge in [-0.1, -0.05) is 31.9 Å². The van der Waals surface area contributed by atoms with Crippen LogP contribution in [0, 0.1) is 5.82 Å². The number of benzene rings is 2. The fourth-order valence-electron chi connectivity index (χ4n) is 1.38. The van der Waals surface area contributed by atoms with Gasteiger partial charge < -0.3 is 4.74 Å². The Morgan fingerprint density at radius 3 is 2.22 bits per heavy atom. The van der Waals surface area contributed by atoms with Crippen LogP contribution in [0.4, 0.5) is 4.39 Å². The molecule has 2 nitrogen and oxygen atoms in total. The van der Waals surface area contributed by atoms with Crippen molar-refractivity contribution in [2.45, 2.75) is 0 Å². The van der Waals surface area contributed by atoms with Gasteiger partial charge in [-0.05, 0) is 36.4 Å². The van der Waals surface area contributed by atoms with Gasteiger partial charge in [0.15, 0.2) is 17.9 Å². The summed E-state index contributed by atoms with van der Waals surface area (Å²) >= 11 is 6.41. The highest BCUT2D eigenvalue weighted by molar-refractivity contribution is 9.10. The molecule has 0 spiro atoms. The van der Waals surface area contributed by atoms with Gasteiger partial charge in [-0.2, -0.15) is 0 Å². The van der Waals surface area contributed by atoms with Crippen LogP contribution < -0.4 is 4.74 Å². The molecule has 0 aromatic heterocycles. The third-order valence-corrected chi connectivity index (χ3v) is 3.20. The van der Waals surface area contributed by atoms with E-state index < -0.39 is 5.82 Å². The van der Waals surface area contributed by atoms with Gasteiger partial charge in [-0.3, -0.25) is 4.79 Å². The molecule has 18 heavy (non-hydrogen) atoms. The minimum absolute atomic E-state index is 0.0728. The van der Waals surface area contributed by atoms with Crippen LogP contribution in [0.5, 0.6) is 11.5 Å². The van der Waals surface area contributed by atoms with E-state index in [2.05, 4.69) is 31.9 Å². The van der Waals surface area contributed by atoms with Crippen LogP contribution in [0.1, 0.15) is 10.4 Å². The molecule has 0 unspecified atom stereocenters. The van der Waals surface area contributed by atoms with Crippen LogP contribution in [0.3, 0.4) is 0 Å². The van der Waals surface area contributed by atoms with E-state index in [1.54, 1.807) is 24.3 Å². The summed E-state index contributed by atoms with van der Waals surface area (Å²) in [6, 6.07) is 9.40. The maximum absolute atomic E-state index is 13.6. The largest absolute Gasteiger partial charge is 0.454 e. The van der Waals surface area contributed by atoms with Gasteiger partial charge in [0, 0.05) is 8.95 Å². The lowest BCUT2D eigenvalue weighted by Gasteiger charge is -2.09. The van der Waals surface area contributed by atoms with Gasteiger partial charge >= 0.3 is 0 Å². The summed E-state index contributed by atoms with van der Waals surface area (Å²) in [6.07, 6.45) is 0.664. The summed E-state index contributed by atoms with van der Waals surface area (Å²) in [5, 5.41) is 0. The Balaban J connectivity index is 2.36. The van der Waals surface area contributed by atoms with E-state index in [0.717, 1.165) is 4.47 Å². The second-order valence-corrected chi connectivity index (χ2v) is 5.31. The van der Waals surface area contributed by atoms with E-state index in [1.165, 1.54) is 12.1 Å². The first-order chi connectivity index (χ1) is 8.60. The van der Waals surface area contributed by atoms with Gasteiger partial charge in [0.2, 0.25) is 0 Å². The molecule has 0 bridgehead atoms. The third kappa shape index (κ3) is 2.97. The summed E-state index contributed by atoms with van der Waals surface area (Å²) in [5.74, 6) is -0.109. The molecule has 2 aromatic rings. The monoisotopic (exact) mass is 372 g/mol. The summed E-state index contributed by atoms with van der Waals surface area (Å²) in [5.41, 5.74) is 0.353. The predicted octanol–water partition coefficient (Wildman–Crippen LogP) is 4.96. The first kappa shape index (κ1) is 13.2. The van der Waals surface area contributed by atoms with Crippen molar-refractivity contribution in [3.05, 3.63) is 56.7 Å². The molecule has 0 saturated heterocycles. The van der Waals surface area contributed by atoms with Crippen molar-refractivity contribution in [1.82, 2.24) is 0 Å². The third-order valence-electron chi connectivity index (χ3n) is 2.21. The lowest BCUT2D eigenvalue weighted by molar-refractivity contribution is 0.112. The molecular weight excluding hydrogens is 367 g/mol. The fourth-order valence-corrected chi connectivity index (χ4v) is 2.09. The molecule has 2 aromatic carbocycles. The van der Waals surface area contributed by atoms with E-state index in [-0.39, 0.29) is 5.75 Å². The Morgan fingerprint density at radius 1 is 1.00 bits per heavy atom. The fraction of sp³-hybridized carbons (Fsp3) is 0. The lowest BCUT2D eigenvalue weighted by atomic mass is 10.2. The van der Waals surface area contributed by atoms with Crippen LogP contribution in [0.2, 0.25) is 0 Å². The molecule has 0 amide bonds. The lowest BCUT2D eigenvalue weighted by Crippen LogP contribution is -1.92. The molecule has 0 fully saturated rings. The number of carbonyl (C=O) groups is 1. The zero-order chi connectivity index (χ0) is 13.1. The summed E-state index contributed by atoms with van der Waals surface area (Å²) < 4.78 is 20.4. The van der Waals surface area contributed by atoms with Crippen molar-refractivity contribution >= 4 is 38.1 Å². The number of hydrogen-bond acceptors (Lipinski definition) is 2. The molecule has 5 heteroatoms. The quantitative estimate of drug-likeness (QED) is 0.711. The highest BCUT2D eigenvalue weighted by Gasteiger charge is 2.09. The first-order valence-electron chi connectivity index (χ1n) is 4.98. The van der Waals surface area contributed by atoms with Gasteiger partial charge in [0.25, 0.3) is 0 Å². The molecule has 92 valence electrons. The number of rotatable bonds is 3. The number of carbonyl (C=O) groups excluding carboxylic acids is 1. The minimum Gasteiger partial charge on any atom is -0.454 e. The van der Waals surface area contributed by atoms with E-state index in [0.29, 0.717) is 22.1 Å². The first-order valence-corrected chi connectivity index (χ1v) is 6.56. The van der Waals surface area contributed by atoms with E-state index in [9.17, 15) is 9.18 Å². The van der Waals surface area contributed by atoms with E-state index in [1.807, 2.05) is 0 Å². The van der Waals surface area contributed by atoms with E-state index in [4.69, 9.17) is 4.74 Å². The van der Waals surface area contributed by atoms with Crippen molar-refractivity contribution in [3.8, 4) is 11.5 Å². The second-order valence-electron chi connectivity index (χ2n) is 3.48. The van der Waals surface area contributed by atoms with Gasteiger partial charge in [-0.25, -0.2) is 4.39 Å². The molecular formula is C13H7Br2FO2. The minimum atomic E-state index is -0.496. The zero-order valence-corrected chi connectivity index (χ0v) is 12.2. The zero-order valence-electron chi connectivity index (χ0n) is 8.99. The van der Waals surface area contributed by atoms with Crippen LogP contribution >= 0.6 is 31.9 Å². The summed E-state index contributed by atoms with van der Waals surface area (Å²) in [4.78, 5) is 10.9. The smallest absolute Gasteiger partial charge is 0.166 e. The number of aldehydes is 1. The topological polar surface area (TPSA) is 26.3 Å². The Bertz CT molecular complexity index is 600. The van der Waals surface area contributed by atoms with Gasteiger partial charge in [0.05, 0.1) is 5.56 Å². The summed E-state index contributed by atoms with van der Waals surface area (Å²) in [7, 11) is 0. The molecule has 0 radical (unpaired) electrons. The highest BCUT2D eigenvalue weighted by atomic mass is 79.9. The Hall–Kier alpha value is -1.20. The van der Waals surface area contributed by atoms with Crippen molar-refractivity contribution in [1.29, 1.82) is 0 Å². The average molecular weight is 374 g/mol. The standard InChI is InChI=1S/C13H7Br2FO2/c14-9-1-3-12(8(5-9)7-17)18-13-4-2-10(15)6-11(13)16/h1-7H. The van der Waals surface area contributed by atoms with Gasteiger partial charge in [-0.15, -0.1) is 0 Å². The van der Waals surface area contributed by atoms with Crippen molar-refractivity contribution in [2.24, 2.45) is 0 Å². The molecule has 0 saturated carbocycles. The van der Waals surface area contributed by atoms with Crippen molar-refractivity contribution < 1.29 is 13.9 Å². The molecule has 0 aliphatic rings. The van der Waals surface area contributed by atoms with Gasteiger partial charge in [0.1, 0.15) is 5.75 Å². The SMILES string of the molecule is O=Cc1cc(Br)ccc1Oc1ccc(Br)cc1F. The Kier molecular flexibility index (Phi) is 4.14. The molecule has 2 rings (SSSR count). The van der Waals surface area contributed by atoms with Crippen molar-refractivity contribution in [3.63, 3.8) is 0 Å². The average Bonchev–Trinajstić information content (AvgIpc) is 2.34. The maximum atomic E-state index is 13.6. The van der Waals surface area contributed by atoms with E-state index >= 15 is 0 Å². The molecule has 0 aliphatic carbocycles. The molecule has 0 heterocycles.